The fourth-order valence-electron chi connectivity index (χ4n) is 4.97. The van der Waals surface area contributed by atoms with E-state index in [-0.39, 0.29) is 81.7 Å². The van der Waals surface area contributed by atoms with Crippen LogP contribution in [0.2, 0.25) is 0 Å². The Balaban J connectivity index is 1.98. The molecule has 0 aliphatic heterocycles. The van der Waals surface area contributed by atoms with Gasteiger partial charge in [0.1, 0.15) is 5.78 Å². The Morgan fingerprint density at radius 3 is 1.49 bits per heavy atom. The van der Waals surface area contributed by atoms with Crippen molar-refractivity contribution in [1.82, 2.24) is 36.1 Å². The Morgan fingerprint density at radius 1 is 0.528 bits per heavy atom. The van der Waals surface area contributed by atoms with Crippen molar-refractivity contribution in [2.75, 3.05) is 32.7 Å². The number of aromatic nitrogens is 1. The summed E-state index contributed by atoms with van der Waals surface area (Å²) in [6.45, 7) is 2.88. The van der Waals surface area contributed by atoms with Crippen molar-refractivity contribution in [3.05, 3.63) is 30.1 Å². The maximum atomic E-state index is 12.2. The van der Waals surface area contributed by atoms with E-state index in [1.54, 1.807) is 24.5 Å². The summed E-state index contributed by atoms with van der Waals surface area (Å²) in [5, 5.41) is 39.3. The van der Waals surface area contributed by atoms with Gasteiger partial charge < -0.3 is 16.0 Å². The molecule has 0 aliphatic carbocycles. The first-order valence-electron chi connectivity index (χ1n) is 18.5. The van der Waals surface area contributed by atoms with Gasteiger partial charge in [-0.05, 0) is 69.1 Å². The van der Waals surface area contributed by atoms with E-state index < -0.39 is 17.7 Å². The summed E-state index contributed by atoms with van der Waals surface area (Å²) in [6, 6.07) is 3.59. The van der Waals surface area contributed by atoms with Gasteiger partial charge in [-0.2, -0.15) is 0 Å². The first kappa shape index (κ1) is 46.5. The molecule has 0 saturated heterocycles. The van der Waals surface area contributed by atoms with Gasteiger partial charge in [-0.3, -0.25) is 54.2 Å². The Kier molecular flexibility index (Phi) is 25.5. The zero-order chi connectivity index (χ0) is 39.3. The second kappa shape index (κ2) is 29.0. The maximum Gasteiger partial charge on any atom is 0.246 e. The normalized spacial score (nSPS) is 10.6. The number of hydroxylamine groups is 6. The third kappa shape index (κ3) is 25.2. The lowest BCUT2D eigenvalue weighted by atomic mass is 10.1. The van der Waals surface area contributed by atoms with Gasteiger partial charge in [0.15, 0.2) is 0 Å². The lowest BCUT2D eigenvalue weighted by Crippen LogP contribution is -2.31. The minimum absolute atomic E-state index is 0.0496. The zero-order valence-electron chi connectivity index (χ0n) is 31.1. The van der Waals surface area contributed by atoms with Gasteiger partial charge in [-0.25, -0.2) is 15.2 Å². The van der Waals surface area contributed by atoms with Crippen LogP contribution in [0.25, 0.3) is 0 Å². The molecule has 0 aromatic carbocycles. The number of unbranched alkanes of at least 4 members (excludes halogenated alkanes) is 7. The molecule has 0 aliphatic rings. The molecular formula is C36H59N7O10. The molecule has 1 aromatic heterocycles. The van der Waals surface area contributed by atoms with Gasteiger partial charge in [0.2, 0.25) is 35.4 Å². The average molecular weight is 750 g/mol. The summed E-state index contributed by atoms with van der Waals surface area (Å²) in [5.41, 5.74) is 0.918. The number of ketones is 1. The average Bonchev–Trinajstić information content (AvgIpc) is 3.15. The van der Waals surface area contributed by atoms with Crippen molar-refractivity contribution in [3.8, 4) is 0 Å². The minimum atomic E-state index is -0.567. The Hall–Kier alpha value is -4.48. The van der Waals surface area contributed by atoms with Crippen LogP contribution in [0.3, 0.4) is 0 Å². The molecule has 17 nitrogen and oxygen atoms in total. The summed E-state index contributed by atoms with van der Waals surface area (Å²) in [5.74, 6) is -2.35. The summed E-state index contributed by atoms with van der Waals surface area (Å²) in [7, 11) is 0. The third-order valence-electron chi connectivity index (χ3n) is 8.25. The predicted molar refractivity (Wildman–Crippen MR) is 192 cm³/mol. The van der Waals surface area contributed by atoms with Gasteiger partial charge in [-0.1, -0.05) is 12.8 Å². The van der Waals surface area contributed by atoms with Gasteiger partial charge in [0, 0.05) is 104 Å². The van der Waals surface area contributed by atoms with Crippen LogP contribution >= 0.6 is 0 Å². The van der Waals surface area contributed by atoms with Crippen LogP contribution in [0.1, 0.15) is 122 Å². The minimum Gasteiger partial charge on any atom is -0.356 e. The number of Topliss-reactive ketones (excluding diaryl/α,β-unsaturated/α-hetero) is 1. The smallest absolute Gasteiger partial charge is 0.246 e. The highest BCUT2D eigenvalue weighted by Gasteiger charge is 2.15. The van der Waals surface area contributed by atoms with Crippen LogP contribution in [0.4, 0.5) is 0 Å². The van der Waals surface area contributed by atoms with E-state index >= 15 is 0 Å². The summed E-state index contributed by atoms with van der Waals surface area (Å²) in [4.78, 5) is 87.1. The largest absolute Gasteiger partial charge is 0.356 e. The SMILES string of the molecule is CC(=O)N(O)CCCCCCC(=O)CCC(=O)N(O)CCCCCNC(=O)CCC(=O)N(O)CCCCCNC(=O)CCC(=O)NCc1ccncc1. The third-order valence-corrected chi connectivity index (χ3v) is 8.25. The van der Waals surface area contributed by atoms with Crippen LogP contribution in [0.5, 0.6) is 0 Å². The van der Waals surface area contributed by atoms with Gasteiger partial charge in [0.05, 0.1) is 0 Å². The summed E-state index contributed by atoms with van der Waals surface area (Å²) < 4.78 is 0. The number of nitrogens with one attached hydrogen (secondary N) is 3. The highest BCUT2D eigenvalue weighted by molar-refractivity contribution is 5.85. The van der Waals surface area contributed by atoms with E-state index in [9.17, 15) is 49.2 Å². The highest BCUT2D eigenvalue weighted by atomic mass is 16.5. The first-order chi connectivity index (χ1) is 25.4. The van der Waals surface area contributed by atoms with Gasteiger partial charge in [-0.15, -0.1) is 0 Å². The molecule has 6 amide bonds. The van der Waals surface area contributed by atoms with E-state index in [0.29, 0.717) is 92.6 Å². The highest BCUT2D eigenvalue weighted by Crippen LogP contribution is 2.08. The molecule has 0 unspecified atom stereocenters. The molecule has 0 spiro atoms. The molecule has 6 N–H and O–H groups in total. The van der Waals surface area contributed by atoms with Crippen molar-refractivity contribution in [2.45, 2.75) is 123 Å². The fourth-order valence-corrected chi connectivity index (χ4v) is 4.97. The molecule has 298 valence electrons. The van der Waals surface area contributed by atoms with E-state index in [4.69, 9.17) is 0 Å². The molecule has 1 aromatic rings. The maximum absolute atomic E-state index is 12.2. The molecule has 0 atom stereocenters. The predicted octanol–water partition coefficient (Wildman–Crippen LogP) is 2.80. The van der Waals surface area contributed by atoms with E-state index in [1.807, 2.05) is 0 Å². The Morgan fingerprint density at radius 2 is 0.962 bits per heavy atom. The lowest BCUT2D eigenvalue weighted by molar-refractivity contribution is -0.166. The molecule has 0 radical (unpaired) electrons. The number of carbonyl (C=O) groups excluding carboxylic acids is 7. The van der Waals surface area contributed by atoms with Gasteiger partial charge in [0.25, 0.3) is 0 Å². The van der Waals surface area contributed by atoms with Crippen molar-refractivity contribution in [2.24, 2.45) is 0 Å². The Bertz CT molecular complexity index is 1270. The number of hydrogen-bond donors (Lipinski definition) is 6. The fraction of sp³-hybridized carbons (Fsp3) is 0.667. The lowest BCUT2D eigenvalue weighted by Gasteiger charge is -2.15. The molecule has 1 heterocycles. The molecule has 53 heavy (non-hydrogen) atoms. The first-order valence-corrected chi connectivity index (χ1v) is 18.5. The van der Waals surface area contributed by atoms with Crippen LogP contribution in [-0.4, -0.2) is 110 Å². The monoisotopic (exact) mass is 749 g/mol. The van der Waals surface area contributed by atoms with Crippen molar-refractivity contribution >= 4 is 41.2 Å². The van der Waals surface area contributed by atoms with E-state index in [1.165, 1.54) is 6.92 Å². The van der Waals surface area contributed by atoms with Crippen LogP contribution in [-0.2, 0) is 40.1 Å². The number of nitrogens with zero attached hydrogens (tertiary/aromatic N) is 4. The second-order valence-corrected chi connectivity index (χ2v) is 12.8. The van der Waals surface area contributed by atoms with Crippen molar-refractivity contribution in [1.29, 1.82) is 0 Å². The molecule has 0 fully saturated rings. The number of amides is 6. The second-order valence-electron chi connectivity index (χ2n) is 12.8. The summed E-state index contributed by atoms with van der Waals surface area (Å²) >= 11 is 0. The number of carbonyl (C=O) groups is 7. The topological polar surface area (TPSA) is 239 Å². The van der Waals surface area contributed by atoms with Crippen molar-refractivity contribution in [3.63, 3.8) is 0 Å². The number of rotatable bonds is 30. The van der Waals surface area contributed by atoms with Crippen LogP contribution < -0.4 is 16.0 Å². The Labute approximate surface area is 311 Å². The van der Waals surface area contributed by atoms with Crippen molar-refractivity contribution < 1.29 is 49.2 Å². The molecular weight excluding hydrogens is 690 g/mol. The molecule has 0 bridgehead atoms. The van der Waals surface area contributed by atoms with Crippen LogP contribution in [0.15, 0.2) is 24.5 Å². The zero-order valence-corrected chi connectivity index (χ0v) is 31.1. The number of pyridine rings is 1. The summed E-state index contributed by atoms with van der Waals surface area (Å²) in [6.07, 6.45) is 9.85. The molecule has 0 saturated carbocycles. The number of hydrogen-bond acceptors (Lipinski definition) is 11. The standard InChI is InChI=1S/C36H59N7O10/c1-29(44)41(51)25-9-3-2-6-12-31(45)13-17-35(49)42(52)26-10-5-8-22-39-33(47)16-18-36(50)43(53)27-11-4-7-21-38-32(46)14-15-34(48)40-28-30-19-23-37-24-20-30/h19-20,23-24,51-53H,2-18,21-22,25-28H2,1H3,(H,38,46)(H,39,47)(H,40,48). The van der Waals surface area contributed by atoms with Gasteiger partial charge >= 0.3 is 0 Å². The van der Waals surface area contributed by atoms with E-state index in [2.05, 4.69) is 20.9 Å². The molecule has 17 heteroatoms. The van der Waals surface area contributed by atoms with E-state index in [0.717, 1.165) is 18.4 Å². The quantitative estimate of drug-likeness (QED) is 0.0380. The molecule has 1 rings (SSSR count). The van der Waals surface area contributed by atoms with Crippen LogP contribution in [0, 0.1) is 0 Å².